The Balaban J connectivity index is 2.22. The van der Waals surface area contributed by atoms with E-state index in [1.165, 1.54) is 11.5 Å². The Labute approximate surface area is 108 Å². The molecule has 2 rings (SSSR count). The van der Waals surface area contributed by atoms with Crippen LogP contribution >= 0.6 is 11.5 Å². The highest BCUT2D eigenvalue weighted by molar-refractivity contribution is 7.13. The number of aromatic nitrogens is 2. The van der Waals surface area contributed by atoms with Crippen LogP contribution in [0.4, 0.5) is 0 Å². The third-order valence-electron chi connectivity index (χ3n) is 2.47. The molecule has 0 N–H and O–H groups in total. The Hall–Kier alpha value is -1.69. The summed E-state index contributed by atoms with van der Waals surface area (Å²) in [7, 11) is 0. The van der Waals surface area contributed by atoms with Gasteiger partial charge in [0.15, 0.2) is 0 Å². The van der Waals surface area contributed by atoms with Crippen LogP contribution in [0.2, 0.25) is 0 Å². The first-order chi connectivity index (χ1) is 8.61. The van der Waals surface area contributed by atoms with Gasteiger partial charge in [0.25, 0.3) is 5.56 Å². The quantitative estimate of drug-likeness (QED) is 0.790. The zero-order valence-corrected chi connectivity index (χ0v) is 11.1. The molecular weight excluding hydrogens is 252 g/mol. The summed E-state index contributed by atoms with van der Waals surface area (Å²) in [6, 6.07) is 1.82. The molecule has 0 aliphatic carbocycles. The number of pyridine rings is 1. The minimum Gasteiger partial charge on any atom is -0.466 e. The molecule has 18 heavy (non-hydrogen) atoms. The van der Waals surface area contributed by atoms with E-state index >= 15 is 0 Å². The van der Waals surface area contributed by atoms with Crippen molar-refractivity contribution in [2.75, 3.05) is 6.61 Å². The molecule has 2 aromatic rings. The van der Waals surface area contributed by atoms with E-state index in [-0.39, 0.29) is 17.9 Å². The third kappa shape index (κ3) is 2.59. The number of rotatable bonds is 4. The lowest BCUT2D eigenvalue weighted by atomic mass is 10.3. The molecule has 0 saturated heterocycles. The summed E-state index contributed by atoms with van der Waals surface area (Å²) in [5.74, 6) is -0.286. The molecule has 0 unspecified atom stereocenters. The molecule has 0 atom stereocenters. The van der Waals surface area contributed by atoms with E-state index in [4.69, 9.17) is 4.74 Å². The standard InChI is InChI=1S/C12H14N2O3S/c1-3-17-10(15)4-5-14-12(16)9-6-8(2)7-13-11(9)18-14/h6-7H,3-5H2,1-2H3. The molecule has 0 aliphatic rings. The monoisotopic (exact) mass is 266 g/mol. The van der Waals surface area contributed by atoms with Crippen molar-refractivity contribution in [1.82, 2.24) is 8.94 Å². The summed E-state index contributed by atoms with van der Waals surface area (Å²) in [5.41, 5.74) is 0.866. The van der Waals surface area contributed by atoms with Crippen molar-refractivity contribution < 1.29 is 9.53 Å². The average molecular weight is 266 g/mol. The van der Waals surface area contributed by atoms with Crippen molar-refractivity contribution >= 4 is 27.7 Å². The Kier molecular flexibility index (Phi) is 3.76. The fourth-order valence-electron chi connectivity index (χ4n) is 1.64. The number of esters is 1. The average Bonchev–Trinajstić information content (AvgIpc) is 2.64. The van der Waals surface area contributed by atoms with Gasteiger partial charge in [0.2, 0.25) is 0 Å². The molecule has 0 bridgehead atoms. The van der Waals surface area contributed by atoms with Crippen LogP contribution in [-0.2, 0) is 16.1 Å². The molecule has 2 aromatic heterocycles. The number of carbonyl (C=O) groups is 1. The molecule has 0 radical (unpaired) electrons. The SMILES string of the molecule is CCOC(=O)CCn1sc2ncc(C)cc2c1=O. The van der Waals surface area contributed by atoms with Gasteiger partial charge in [-0.1, -0.05) is 0 Å². The second-order valence-corrected chi connectivity index (χ2v) is 4.93. The minimum atomic E-state index is -0.286. The normalized spacial score (nSPS) is 10.8. The van der Waals surface area contributed by atoms with Crippen molar-refractivity contribution in [3.63, 3.8) is 0 Å². The van der Waals surface area contributed by atoms with Crippen molar-refractivity contribution in [2.45, 2.75) is 26.8 Å². The summed E-state index contributed by atoms with van der Waals surface area (Å²) >= 11 is 1.28. The molecular formula is C12H14N2O3S. The van der Waals surface area contributed by atoms with Gasteiger partial charge in [0.05, 0.1) is 18.4 Å². The Morgan fingerprint density at radius 3 is 3.06 bits per heavy atom. The lowest BCUT2D eigenvalue weighted by molar-refractivity contribution is -0.143. The fourth-order valence-corrected chi connectivity index (χ4v) is 2.55. The van der Waals surface area contributed by atoms with Crippen LogP contribution in [0.1, 0.15) is 18.9 Å². The zero-order valence-electron chi connectivity index (χ0n) is 10.3. The Morgan fingerprint density at radius 2 is 2.33 bits per heavy atom. The molecule has 0 amide bonds. The molecule has 0 spiro atoms. The van der Waals surface area contributed by atoms with Gasteiger partial charge >= 0.3 is 5.97 Å². The maximum absolute atomic E-state index is 12.0. The number of fused-ring (bicyclic) bond motifs is 1. The molecule has 96 valence electrons. The maximum atomic E-state index is 12.0. The molecule has 0 aliphatic heterocycles. The second kappa shape index (κ2) is 5.30. The number of carbonyl (C=O) groups excluding carboxylic acids is 1. The fraction of sp³-hybridized carbons (Fsp3) is 0.417. The predicted octanol–water partition coefficient (Wildman–Crippen LogP) is 1.72. The van der Waals surface area contributed by atoms with Crippen LogP contribution in [0.5, 0.6) is 0 Å². The van der Waals surface area contributed by atoms with E-state index in [0.29, 0.717) is 23.4 Å². The maximum Gasteiger partial charge on any atom is 0.307 e. The Bertz CT molecular complexity index is 630. The molecule has 0 saturated carbocycles. The third-order valence-corrected chi connectivity index (χ3v) is 3.53. The van der Waals surface area contributed by atoms with Crippen LogP contribution in [0, 0.1) is 6.92 Å². The smallest absolute Gasteiger partial charge is 0.307 e. The molecule has 6 heteroatoms. The zero-order chi connectivity index (χ0) is 13.1. The van der Waals surface area contributed by atoms with Crippen molar-refractivity contribution in [3.8, 4) is 0 Å². The van der Waals surface area contributed by atoms with Gasteiger partial charge in [-0.15, -0.1) is 0 Å². The lowest BCUT2D eigenvalue weighted by Crippen LogP contribution is -2.16. The van der Waals surface area contributed by atoms with Crippen LogP contribution < -0.4 is 5.56 Å². The first-order valence-corrected chi connectivity index (χ1v) is 6.51. The van der Waals surface area contributed by atoms with E-state index in [2.05, 4.69) is 4.98 Å². The summed E-state index contributed by atoms with van der Waals surface area (Å²) in [6.45, 7) is 4.36. The van der Waals surface area contributed by atoms with Crippen LogP contribution in [0.25, 0.3) is 10.2 Å². The highest BCUT2D eigenvalue weighted by atomic mass is 32.1. The van der Waals surface area contributed by atoms with Gasteiger partial charge in [-0.05, 0) is 37.0 Å². The lowest BCUT2D eigenvalue weighted by Gasteiger charge is -2.00. The summed E-state index contributed by atoms with van der Waals surface area (Å²) < 4.78 is 6.38. The molecule has 2 heterocycles. The first kappa shape index (κ1) is 12.8. The van der Waals surface area contributed by atoms with E-state index in [1.807, 2.05) is 13.0 Å². The van der Waals surface area contributed by atoms with E-state index in [0.717, 1.165) is 5.56 Å². The van der Waals surface area contributed by atoms with Crippen LogP contribution in [-0.4, -0.2) is 21.5 Å². The topological polar surface area (TPSA) is 61.2 Å². The first-order valence-electron chi connectivity index (χ1n) is 5.74. The Morgan fingerprint density at radius 1 is 1.56 bits per heavy atom. The molecule has 5 nitrogen and oxygen atoms in total. The summed E-state index contributed by atoms with van der Waals surface area (Å²) in [4.78, 5) is 28.2. The number of aryl methyl sites for hydroxylation is 2. The van der Waals surface area contributed by atoms with Gasteiger partial charge in [0, 0.05) is 12.7 Å². The molecule has 0 fully saturated rings. The largest absolute Gasteiger partial charge is 0.466 e. The molecule has 0 aromatic carbocycles. The van der Waals surface area contributed by atoms with E-state index in [1.54, 1.807) is 17.1 Å². The van der Waals surface area contributed by atoms with Crippen molar-refractivity contribution in [3.05, 3.63) is 28.2 Å². The van der Waals surface area contributed by atoms with Crippen molar-refractivity contribution in [1.29, 1.82) is 0 Å². The summed E-state index contributed by atoms with van der Waals surface area (Å²) in [6.07, 6.45) is 1.94. The van der Waals surface area contributed by atoms with Crippen molar-refractivity contribution in [2.24, 2.45) is 0 Å². The number of hydrogen-bond acceptors (Lipinski definition) is 5. The van der Waals surface area contributed by atoms with Gasteiger partial charge in [-0.3, -0.25) is 13.5 Å². The summed E-state index contributed by atoms with van der Waals surface area (Å²) in [5, 5.41) is 0.615. The highest BCUT2D eigenvalue weighted by Crippen LogP contribution is 2.15. The number of ether oxygens (including phenoxy) is 1. The highest BCUT2D eigenvalue weighted by Gasteiger charge is 2.10. The van der Waals surface area contributed by atoms with Gasteiger partial charge < -0.3 is 4.74 Å². The van der Waals surface area contributed by atoms with Gasteiger partial charge in [0.1, 0.15) is 4.83 Å². The minimum absolute atomic E-state index is 0.0875. The number of hydrogen-bond donors (Lipinski definition) is 0. The predicted molar refractivity (Wildman–Crippen MR) is 69.9 cm³/mol. The van der Waals surface area contributed by atoms with E-state index in [9.17, 15) is 9.59 Å². The van der Waals surface area contributed by atoms with Gasteiger partial charge in [-0.25, -0.2) is 4.98 Å². The van der Waals surface area contributed by atoms with Crippen LogP contribution in [0.15, 0.2) is 17.1 Å². The van der Waals surface area contributed by atoms with E-state index < -0.39 is 0 Å². The van der Waals surface area contributed by atoms with Crippen LogP contribution in [0.3, 0.4) is 0 Å². The second-order valence-electron chi connectivity index (χ2n) is 3.92. The number of nitrogens with zero attached hydrogens (tertiary/aromatic N) is 2. The van der Waals surface area contributed by atoms with Gasteiger partial charge in [-0.2, -0.15) is 0 Å².